The van der Waals surface area contributed by atoms with Gasteiger partial charge in [0.2, 0.25) is 0 Å². The Labute approximate surface area is 248 Å². The number of aryl methyl sites for hydroxylation is 1. The summed E-state index contributed by atoms with van der Waals surface area (Å²) in [5, 5.41) is 2.38. The topological polar surface area (TPSA) is 71.4 Å². The van der Waals surface area contributed by atoms with Crippen LogP contribution in [0.1, 0.15) is 61.0 Å². The molecule has 1 N–H and O–H groups in total. The highest BCUT2D eigenvalue weighted by atomic mass is 127. The van der Waals surface area contributed by atoms with Crippen molar-refractivity contribution in [3.63, 3.8) is 0 Å². The number of barbiturate groups is 1. The normalized spacial score (nSPS) is 28.5. The van der Waals surface area contributed by atoms with E-state index < -0.39 is 17.8 Å². The number of carbonyl (C=O) groups excluding carboxylic acids is 3. The molecule has 4 bridgehead atoms. The van der Waals surface area contributed by atoms with Gasteiger partial charge in [0.15, 0.2) is 0 Å². The standard InChI is InChI=1S/C33H32IN3O3/c1-19-10-24(20(2)36(19)28-5-3-4-26(34)15-28)14-29-30(38)35-32(40)37(31(29)39)27-8-6-25(7-9-27)33-16-21-11-22(17-33)13-23(12-21)18-33/h3-10,14-15,21-23H,11-13,16-18H2,1-2H3,(H,35,38,40)/b29-14+. The largest absolute Gasteiger partial charge is 0.335 e. The van der Waals surface area contributed by atoms with Gasteiger partial charge in [0.05, 0.1) is 5.69 Å². The minimum atomic E-state index is -0.709. The molecule has 1 saturated heterocycles. The number of hydrogen-bond donors (Lipinski definition) is 1. The molecule has 2 aromatic carbocycles. The first-order chi connectivity index (χ1) is 19.2. The van der Waals surface area contributed by atoms with Crippen LogP contribution >= 0.6 is 22.6 Å². The maximum absolute atomic E-state index is 13.6. The molecule has 4 amide bonds. The number of hydrogen-bond acceptors (Lipinski definition) is 3. The number of carbonyl (C=O) groups is 3. The van der Waals surface area contributed by atoms with Gasteiger partial charge in [-0.3, -0.25) is 14.9 Å². The number of halogens is 1. The maximum Gasteiger partial charge on any atom is 0.335 e. The lowest BCUT2D eigenvalue weighted by atomic mass is 9.48. The molecule has 0 atom stereocenters. The minimum absolute atomic E-state index is 0.0485. The summed E-state index contributed by atoms with van der Waals surface area (Å²) >= 11 is 2.29. The van der Waals surface area contributed by atoms with Crippen LogP contribution in [0.25, 0.3) is 11.8 Å². The van der Waals surface area contributed by atoms with Crippen molar-refractivity contribution in [2.45, 2.75) is 57.8 Å². The summed E-state index contributed by atoms with van der Waals surface area (Å²) in [4.78, 5) is 40.5. The van der Waals surface area contributed by atoms with Gasteiger partial charge in [-0.1, -0.05) is 18.2 Å². The fourth-order valence-corrected chi connectivity index (χ4v) is 8.95. The summed E-state index contributed by atoms with van der Waals surface area (Å²) < 4.78 is 3.22. The quantitative estimate of drug-likeness (QED) is 0.192. The second kappa shape index (κ2) is 9.43. The Hall–Kier alpha value is -3.20. The van der Waals surface area contributed by atoms with E-state index in [1.807, 2.05) is 50.2 Å². The van der Waals surface area contributed by atoms with Gasteiger partial charge in [-0.25, -0.2) is 9.69 Å². The van der Waals surface area contributed by atoms with E-state index in [-0.39, 0.29) is 11.0 Å². The van der Waals surface area contributed by atoms with Gasteiger partial charge >= 0.3 is 6.03 Å². The predicted octanol–water partition coefficient (Wildman–Crippen LogP) is 6.83. The average Bonchev–Trinajstić information content (AvgIpc) is 3.18. The number of nitrogens with zero attached hydrogens (tertiary/aromatic N) is 2. The molecule has 0 unspecified atom stereocenters. The van der Waals surface area contributed by atoms with Crippen molar-refractivity contribution >= 4 is 52.2 Å². The van der Waals surface area contributed by atoms with Gasteiger partial charge < -0.3 is 4.57 Å². The van der Waals surface area contributed by atoms with Gasteiger partial charge in [0.25, 0.3) is 11.8 Å². The van der Waals surface area contributed by atoms with E-state index in [0.29, 0.717) is 5.69 Å². The van der Waals surface area contributed by atoms with Crippen molar-refractivity contribution in [2.75, 3.05) is 4.90 Å². The molecule has 6 nitrogen and oxygen atoms in total. The Morgan fingerprint density at radius 1 is 0.875 bits per heavy atom. The molecule has 5 fully saturated rings. The zero-order valence-corrected chi connectivity index (χ0v) is 24.9. The van der Waals surface area contributed by atoms with Crippen LogP contribution in [0.3, 0.4) is 0 Å². The molecule has 8 rings (SSSR count). The Bertz CT molecular complexity index is 1560. The third-order valence-corrected chi connectivity index (χ3v) is 10.4. The lowest BCUT2D eigenvalue weighted by Crippen LogP contribution is -2.54. The van der Waals surface area contributed by atoms with E-state index in [2.05, 4.69) is 50.7 Å². The first-order valence-corrected chi connectivity index (χ1v) is 15.3. The summed E-state index contributed by atoms with van der Waals surface area (Å²) in [6, 6.07) is 17.4. The predicted molar refractivity (Wildman–Crippen MR) is 163 cm³/mol. The summed E-state index contributed by atoms with van der Waals surface area (Å²) in [5.41, 5.74) is 5.69. The van der Waals surface area contributed by atoms with Gasteiger partial charge in [0.1, 0.15) is 5.57 Å². The van der Waals surface area contributed by atoms with Crippen LogP contribution in [0.15, 0.2) is 60.2 Å². The molecular formula is C33H32IN3O3. The highest BCUT2D eigenvalue weighted by Crippen LogP contribution is 2.60. The van der Waals surface area contributed by atoms with E-state index in [1.54, 1.807) is 6.08 Å². The minimum Gasteiger partial charge on any atom is -0.318 e. The molecule has 0 radical (unpaired) electrons. The van der Waals surface area contributed by atoms with E-state index in [9.17, 15) is 14.4 Å². The summed E-state index contributed by atoms with van der Waals surface area (Å²) in [6.45, 7) is 3.97. The molecule has 1 aromatic heterocycles. The van der Waals surface area contributed by atoms with Gasteiger partial charge in [-0.05, 0) is 152 Å². The van der Waals surface area contributed by atoms with Crippen LogP contribution in [0.5, 0.6) is 0 Å². The second-order valence-corrected chi connectivity index (χ2v) is 13.6. The smallest absolute Gasteiger partial charge is 0.318 e. The van der Waals surface area contributed by atoms with Crippen molar-refractivity contribution in [3.05, 3.63) is 86.3 Å². The zero-order chi connectivity index (χ0) is 27.8. The van der Waals surface area contributed by atoms with Crippen LogP contribution in [0.2, 0.25) is 0 Å². The monoisotopic (exact) mass is 645 g/mol. The maximum atomic E-state index is 13.6. The fourth-order valence-electron chi connectivity index (χ4n) is 8.42. The molecule has 4 saturated carbocycles. The second-order valence-electron chi connectivity index (χ2n) is 12.3. The van der Waals surface area contributed by atoms with Crippen molar-refractivity contribution in [1.82, 2.24) is 9.88 Å². The molecule has 204 valence electrons. The van der Waals surface area contributed by atoms with Crippen LogP contribution in [-0.4, -0.2) is 22.4 Å². The van der Waals surface area contributed by atoms with Crippen LogP contribution < -0.4 is 10.2 Å². The Balaban J connectivity index is 1.19. The SMILES string of the molecule is Cc1cc(/C=C2\C(=O)NC(=O)N(c3ccc(C45CC6CC(CC(C6)C4)C5)cc3)C2=O)c(C)n1-c1cccc(I)c1. The molecule has 0 spiro atoms. The first kappa shape index (κ1) is 25.7. The lowest BCUT2D eigenvalue weighted by Gasteiger charge is -2.57. The number of rotatable bonds is 4. The van der Waals surface area contributed by atoms with Crippen molar-refractivity contribution in [2.24, 2.45) is 17.8 Å². The number of anilines is 1. The van der Waals surface area contributed by atoms with Crippen molar-refractivity contribution < 1.29 is 14.4 Å². The number of imide groups is 2. The molecule has 1 aliphatic heterocycles. The lowest BCUT2D eigenvalue weighted by molar-refractivity contribution is -0.122. The molecule has 4 aliphatic carbocycles. The number of nitrogens with one attached hydrogen (secondary N) is 1. The van der Waals surface area contributed by atoms with Crippen molar-refractivity contribution in [3.8, 4) is 5.69 Å². The summed E-state index contributed by atoms with van der Waals surface area (Å²) in [6.07, 6.45) is 9.52. The molecule has 2 heterocycles. The van der Waals surface area contributed by atoms with Gasteiger partial charge in [-0.2, -0.15) is 0 Å². The number of benzene rings is 2. The number of aromatic nitrogens is 1. The van der Waals surface area contributed by atoms with Crippen molar-refractivity contribution in [1.29, 1.82) is 0 Å². The number of amides is 4. The highest BCUT2D eigenvalue weighted by Gasteiger charge is 2.51. The van der Waals surface area contributed by atoms with E-state index >= 15 is 0 Å². The number of urea groups is 1. The molecule has 7 heteroatoms. The first-order valence-electron chi connectivity index (χ1n) is 14.2. The Kier molecular flexibility index (Phi) is 6.07. The molecule has 3 aromatic rings. The van der Waals surface area contributed by atoms with Gasteiger partial charge in [-0.15, -0.1) is 0 Å². The van der Waals surface area contributed by atoms with Crippen LogP contribution in [0, 0.1) is 35.2 Å². The highest BCUT2D eigenvalue weighted by molar-refractivity contribution is 14.1. The van der Waals surface area contributed by atoms with Crippen LogP contribution in [0.4, 0.5) is 10.5 Å². The van der Waals surface area contributed by atoms with Gasteiger partial charge in [0, 0.05) is 20.6 Å². The zero-order valence-electron chi connectivity index (χ0n) is 22.7. The molecule has 5 aliphatic rings. The summed E-state index contributed by atoms with van der Waals surface area (Å²) in [5.74, 6) is 1.25. The molecular weight excluding hydrogens is 613 g/mol. The van der Waals surface area contributed by atoms with E-state index in [4.69, 9.17) is 0 Å². The fraction of sp³-hybridized carbons (Fsp3) is 0.364. The van der Waals surface area contributed by atoms with E-state index in [0.717, 1.165) is 48.9 Å². The van der Waals surface area contributed by atoms with Crippen LogP contribution in [-0.2, 0) is 15.0 Å². The van der Waals surface area contributed by atoms with E-state index in [1.165, 1.54) is 44.1 Å². The third-order valence-electron chi connectivity index (χ3n) is 9.71. The average molecular weight is 646 g/mol. The molecule has 40 heavy (non-hydrogen) atoms. The Morgan fingerprint density at radius 3 is 2.15 bits per heavy atom. The third kappa shape index (κ3) is 4.16. The Morgan fingerprint density at radius 2 is 1.52 bits per heavy atom. The summed E-state index contributed by atoms with van der Waals surface area (Å²) in [7, 11) is 0.